The molecule has 3 heteroatoms. The second-order valence-corrected chi connectivity index (χ2v) is 4.88. The van der Waals surface area contributed by atoms with Gasteiger partial charge in [0.25, 0.3) is 0 Å². The largest absolute Gasteiger partial charge is 0.357 e. The summed E-state index contributed by atoms with van der Waals surface area (Å²) in [6.07, 6.45) is 4.43. The summed E-state index contributed by atoms with van der Waals surface area (Å²) in [5.41, 5.74) is 1.23. The fraction of sp³-hybridized carbons (Fsp3) is 0.615. The number of rotatable bonds is 2. The lowest BCUT2D eigenvalue weighted by Crippen LogP contribution is -2.42. The molecular weight excluding hydrogens is 198 g/mol. The summed E-state index contributed by atoms with van der Waals surface area (Å²) in [4.78, 5) is 9.21. The van der Waals surface area contributed by atoms with Crippen molar-refractivity contribution in [2.24, 2.45) is 0 Å². The molecule has 2 rings (SSSR count). The van der Waals surface area contributed by atoms with Crippen LogP contribution >= 0.6 is 0 Å². The van der Waals surface area contributed by atoms with Gasteiger partial charge in [-0.25, -0.2) is 4.98 Å². The highest BCUT2D eigenvalue weighted by Gasteiger charge is 2.20. The van der Waals surface area contributed by atoms with Crippen LogP contribution in [-0.4, -0.2) is 43.1 Å². The normalized spacial score (nSPS) is 18.1. The van der Waals surface area contributed by atoms with E-state index in [2.05, 4.69) is 47.9 Å². The van der Waals surface area contributed by atoms with Gasteiger partial charge in [0.1, 0.15) is 5.82 Å². The van der Waals surface area contributed by atoms with Crippen LogP contribution in [0, 0.1) is 6.92 Å². The van der Waals surface area contributed by atoms with E-state index >= 15 is 0 Å². The summed E-state index contributed by atoms with van der Waals surface area (Å²) in [5, 5.41) is 0. The van der Waals surface area contributed by atoms with E-state index < -0.39 is 0 Å². The van der Waals surface area contributed by atoms with Crippen molar-refractivity contribution in [3.63, 3.8) is 0 Å². The van der Waals surface area contributed by atoms with Crippen molar-refractivity contribution >= 4 is 5.82 Å². The van der Waals surface area contributed by atoms with Crippen molar-refractivity contribution in [2.75, 3.05) is 32.1 Å². The highest BCUT2D eigenvalue weighted by atomic mass is 15.2. The van der Waals surface area contributed by atoms with Gasteiger partial charge in [-0.15, -0.1) is 0 Å². The van der Waals surface area contributed by atoms with Crippen LogP contribution in [0.4, 0.5) is 5.82 Å². The van der Waals surface area contributed by atoms with Gasteiger partial charge >= 0.3 is 0 Å². The number of hydrogen-bond donors (Lipinski definition) is 0. The molecule has 1 fully saturated rings. The second-order valence-electron chi connectivity index (χ2n) is 4.88. The molecule has 0 saturated carbocycles. The Labute approximate surface area is 98.1 Å². The molecule has 1 aromatic rings. The Morgan fingerprint density at radius 3 is 2.44 bits per heavy atom. The number of aromatic nitrogens is 1. The molecule has 16 heavy (non-hydrogen) atoms. The van der Waals surface area contributed by atoms with E-state index in [0.717, 1.165) is 24.9 Å². The Morgan fingerprint density at radius 1 is 1.25 bits per heavy atom. The number of pyridine rings is 1. The third-order valence-electron chi connectivity index (χ3n) is 3.41. The molecule has 0 unspecified atom stereocenters. The summed E-state index contributed by atoms with van der Waals surface area (Å²) in [5.74, 6) is 1.13. The third-order valence-corrected chi connectivity index (χ3v) is 3.41. The molecule has 0 bridgehead atoms. The standard InChI is InChI=1S/C13H21N3/c1-11-4-5-13(14-10-11)16-8-6-12(7-9-16)15(2)3/h4-5,10,12H,6-9H2,1-3H3. The van der Waals surface area contributed by atoms with Crippen LogP contribution in [0.15, 0.2) is 18.3 Å². The fourth-order valence-electron chi connectivity index (χ4n) is 2.26. The molecule has 1 aliphatic rings. The Kier molecular flexibility index (Phi) is 3.44. The lowest BCUT2D eigenvalue weighted by Gasteiger charge is -2.35. The zero-order valence-electron chi connectivity index (χ0n) is 10.5. The minimum absolute atomic E-state index is 0.738. The maximum absolute atomic E-state index is 4.48. The topological polar surface area (TPSA) is 19.4 Å². The Hall–Kier alpha value is -1.09. The van der Waals surface area contributed by atoms with E-state index in [1.54, 1.807) is 0 Å². The van der Waals surface area contributed by atoms with Crippen molar-refractivity contribution in [3.05, 3.63) is 23.9 Å². The van der Waals surface area contributed by atoms with Gasteiger partial charge in [0.05, 0.1) is 0 Å². The molecule has 0 amide bonds. The van der Waals surface area contributed by atoms with Gasteiger partial charge in [-0.2, -0.15) is 0 Å². The highest BCUT2D eigenvalue weighted by Crippen LogP contribution is 2.19. The maximum Gasteiger partial charge on any atom is 0.128 e. The minimum Gasteiger partial charge on any atom is -0.357 e. The van der Waals surface area contributed by atoms with Gasteiger partial charge < -0.3 is 9.80 Å². The van der Waals surface area contributed by atoms with Crippen molar-refractivity contribution in [3.8, 4) is 0 Å². The van der Waals surface area contributed by atoms with Gasteiger partial charge in [0.2, 0.25) is 0 Å². The molecule has 0 radical (unpaired) electrons. The molecule has 1 aromatic heterocycles. The number of piperidine rings is 1. The zero-order chi connectivity index (χ0) is 11.5. The SMILES string of the molecule is Cc1ccc(N2CCC(N(C)C)CC2)nc1. The van der Waals surface area contributed by atoms with Crippen molar-refractivity contribution in [1.82, 2.24) is 9.88 Å². The lowest BCUT2D eigenvalue weighted by molar-refractivity contribution is 0.249. The van der Waals surface area contributed by atoms with E-state index in [4.69, 9.17) is 0 Å². The van der Waals surface area contributed by atoms with E-state index in [-0.39, 0.29) is 0 Å². The van der Waals surface area contributed by atoms with E-state index in [9.17, 15) is 0 Å². The van der Waals surface area contributed by atoms with E-state index in [1.807, 2.05) is 6.20 Å². The molecule has 0 aromatic carbocycles. The number of anilines is 1. The van der Waals surface area contributed by atoms with Gasteiger partial charge in [0, 0.05) is 25.3 Å². The molecule has 0 N–H and O–H groups in total. The summed E-state index contributed by atoms with van der Waals surface area (Å²) in [6.45, 7) is 4.33. The Balaban J connectivity index is 1.96. The average molecular weight is 219 g/mol. The fourth-order valence-corrected chi connectivity index (χ4v) is 2.26. The molecule has 0 spiro atoms. The molecule has 1 saturated heterocycles. The maximum atomic E-state index is 4.48. The molecule has 0 aliphatic carbocycles. The molecule has 0 atom stereocenters. The van der Waals surface area contributed by atoms with Gasteiger partial charge in [0.15, 0.2) is 0 Å². The van der Waals surface area contributed by atoms with Crippen LogP contribution in [0.25, 0.3) is 0 Å². The number of nitrogens with zero attached hydrogens (tertiary/aromatic N) is 3. The molecule has 88 valence electrons. The summed E-state index contributed by atoms with van der Waals surface area (Å²) < 4.78 is 0. The first kappa shape index (κ1) is 11.4. The summed E-state index contributed by atoms with van der Waals surface area (Å²) in [6, 6.07) is 5.01. The molecular formula is C13H21N3. The Bertz CT molecular complexity index is 324. The molecule has 1 aliphatic heterocycles. The minimum atomic E-state index is 0.738. The summed E-state index contributed by atoms with van der Waals surface area (Å²) in [7, 11) is 4.34. The molecule has 2 heterocycles. The monoisotopic (exact) mass is 219 g/mol. The van der Waals surface area contributed by atoms with Crippen LogP contribution in [0.2, 0.25) is 0 Å². The number of aryl methyl sites for hydroxylation is 1. The predicted octanol–water partition coefficient (Wildman–Crippen LogP) is 1.92. The van der Waals surface area contributed by atoms with Crippen molar-refractivity contribution in [2.45, 2.75) is 25.8 Å². The first-order valence-electron chi connectivity index (χ1n) is 6.01. The lowest BCUT2D eigenvalue weighted by atomic mass is 10.0. The van der Waals surface area contributed by atoms with Crippen LogP contribution in [-0.2, 0) is 0 Å². The van der Waals surface area contributed by atoms with E-state index in [1.165, 1.54) is 18.4 Å². The van der Waals surface area contributed by atoms with Crippen molar-refractivity contribution < 1.29 is 0 Å². The van der Waals surface area contributed by atoms with Crippen LogP contribution in [0.3, 0.4) is 0 Å². The van der Waals surface area contributed by atoms with Crippen LogP contribution < -0.4 is 4.90 Å². The van der Waals surface area contributed by atoms with Gasteiger partial charge in [-0.1, -0.05) is 6.07 Å². The highest BCUT2D eigenvalue weighted by molar-refractivity contribution is 5.39. The first-order valence-corrected chi connectivity index (χ1v) is 6.01. The summed E-state index contributed by atoms with van der Waals surface area (Å²) >= 11 is 0. The van der Waals surface area contributed by atoms with Gasteiger partial charge in [-0.3, -0.25) is 0 Å². The smallest absolute Gasteiger partial charge is 0.128 e. The number of hydrogen-bond acceptors (Lipinski definition) is 3. The van der Waals surface area contributed by atoms with Crippen LogP contribution in [0.1, 0.15) is 18.4 Å². The predicted molar refractivity (Wildman–Crippen MR) is 67.9 cm³/mol. The van der Waals surface area contributed by atoms with Crippen LogP contribution in [0.5, 0.6) is 0 Å². The first-order chi connectivity index (χ1) is 7.66. The van der Waals surface area contributed by atoms with Gasteiger partial charge in [-0.05, 0) is 45.5 Å². The van der Waals surface area contributed by atoms with E-state index in [0.29, 0.717) is 0 Å². The van der Waals surface area contributed by atoms with Crippen molar-refractivity contribution in [1.29, 1.82) is 0 Å². The Morgan fingerprint density at radius 2 is 1.94 bits per heavy atom. The quantitative estimate of drug-likeness (QED) is 0.757. The third kappa shape index (κ3) is 2.53. The molecule has 3 nitrogen and oxygen atoms in total. The second kappa shape index (κ2) is 4.83. The average Bonchev–Trinajstić information content (AvgIpc) is 2.30. The zero-order valence-corrected chi connectivity index (χ0v) is 10.5.